The van der Waals surface area contributed by atoms with Gasteiger partial charge in [0.05, 0.1) is 54.7 Å². The molecular formula is C70H104N4O18S. The maximum Gasteiger partial charge on any atom is 0.329 e. The molecule has 3 amide bonds. The third-order valence-electron chi connectivity index (χ3n) is 18.8. The van der Waals surface area contributed by atoms with Crippen LogP contribution in [0.4, 0.5) is 0 Å². The van der Waals surface area contributed by atoms with Gasteiger partial charge in [-0.2, -0.15) is 4.31 Å². The molecule has 2 saturated heterocycles. The van der Waals surface area contributed by atoms with Crippen molar-refractivity contribution in [2.24, 2.45) is 35.5 Å². The molecular weight excluding hydrogens is 1220 g/mol. The van der Waals surface area contributed by atoms with Crippen LogP contribution >= 0.6 is 0 Å². The van der Waals surface area contributed by atoms with Crippen LogP contribution in [0.5, 0.6) is 5.75 Å². The van der Waals surface area contributed by atoms with Gasteiger partial charge in [-0.3, -0.25) is 24.0 Å². The van der Waals surface area contributed by atoms with Crippen molar-refractivity contribution < 1.29 is 86.4 Å². The molecule has 7 N–H and O–H groups in total. The Hall–Kier alpha value is -5.73. The highest BCUT2D eigenvalue weighted by atomic mass is 32.2. The Kier molecular flexibility index (Phi) is 29.0. The Bertz CT molecular complexity index is 3010. The van der Waals surface area contributed by atoms with Crippen LogP contribution in [-0.4, -0.2) is 192 Å². The van der Waals surface area contributed by atoms with E-state index >= 15 is 0 Å². The molecule has 0 spiro atoms. The van der Waals surface area contributed by atoms with Crippen LogP contribution in [-0.2, 0) is 64.2 Å². The summed E-state index contributed by atoms with van der Waals surface area (Å²) >= 11 is 0. The number of nitrogens with zero attached hydrogens (tertiary/aromatic N) is 2. The van der Waals surface area contributed by atoms with Crippen molar-refractivity contribution in [3.8, 4) is 5.75 Å². The highest BCUT2D eigenvalue weighted by Crippen LogP contribution is 2.39. The minimum Gasteiger partial charge on any atom is -0.497 e. The third-order valence-corrected chi connectivity index (χ3v) is 20.6. The number of hydrogen-bond donors (Lipinski definition) is 7. The van der Waals surface area contributed by atoms with E-state index in [0.29, 0.717) is 49.8 Å². The first-order valence-electron chi connectivity index (χ1n) is 33.1. The van der Waals surface area contributed by atoms with Crippen LogP contribution in [0.2, 0.25) is 0 Å². The maximum absolute atomic E-state index is 14.7. The second kappa shape index (κ2) is 35.3. The number of methoxy groups -OCH3 is 3. The number of rotatable bonds is 22. The number of carbonyl (C=O) groups is 6. The number of amides is 3. The number of ketones is 2. The van der Waals surface area contributed by atoms with Gasteiger partial charge < -0.3 is 64.8 Å². The quantitative estimate of drug-likeness (QED) is 0.0399. The molecule has 0 radical (unpaired) electrons. The molecule has 23 heteroatoms. The molecule has 2 aromatic carbocycles. The number of cyclic esters (lactones) is 1. The Morgan fingerprint density at radius 1 is 0.839 bits per heavy atom. The lowest BCUT2D eigenvalue weighted by Crippen LogP contribution is -2.64. The van der Waals surface area contributed by atoms with Crippen molar-refractivity contribution in [3.05, 3.63) is 95.6 Å². The average Bonchev–Trinajstić information content (AvgIpc) is 0.833. The lowest BCUT2D eigenvalue weighted by Gasteiger charge is -2.46. The van der Waals surface area contributed by atoms with E-state index < -0.39 is 130 Å². The largest absolute Gasteiger partial charge is 0.497 e. The number of aliphatic hydroxyl groups excluding tert-OH is 4. The molecule has 4 aliphatic rings. The lowest BCUT2D eigenvalue weighted by atomic mass is 9.81. The zero-order valence-electron chi connectivity index (χ0n) is 56.2. The first-order chi connectivity index (χ1) is 44.0. The van der Waals surface area contributed by atoms with Crippen molar-refractivity contribution in [1.82, 2.24) is 19.8 Å². The van der Waals surface area contributed by atoms with E-state index in [1.165, 1.54) is 44.7 Å². The molecule has 93 heavy (non-hydrogen) atoms. The normalized spacial score (nSPS) is 30.9. The van der Waals surface area contributed by atoms with Crippen LogP contribution in [0, 0.1) is 35.5 Å². The minimum absolute atomic E-state index is 0.00361. The summed E-state index contributed by atoms with van der Waals surface area (Å²) in [6, 6.07) is 11.8. The van der Waals surface area contributed by atoms with Crippen LogP contribution in [0.1, 0.15) is 144 Å². The van der Waals surface area contributed by atoms with Gasteiger partial charge in [-0.05, 0) is 151 Å². The molecule has 17 atom stereocenters. The smallest absolute Gasteiger partial charge is 0.329 e. The number of hydrogen-bond acceptors (Lipinski definition) is 18. The molecule has 22 nitrogen and oxygen atoms in total. The zero-order valence-corrected chi connectivity index (χ0v) is 57.0. The van der Waals surface area contributed by atoms with E-state index in [2.05, 4.69) is 10.6 Å². The highest BCUT2D eigenvalue weighted by molar-refractivity contribution is 7.89. The van der Waals surface area contributed by atoms with E-state index in [1.54, 1.807) is 45.1 Å². The molecule has 3 fully saturated rings. The topological polar surface area (TPSA) is 314 Å². The molecule has 518 valence electrons. The second-order valence-corrected chi connectivity index (χ2v) is 28.8. The van der Waals surface area contributed by atoms with Crippen LogP contribution < -0.4 is 15.4 Å². The van der Waals surface area contributed by atoms with Gasteiger partial charge in [0.2, 0.25) is 27.6 Å². The Morgan fingerprint density at radius 3 is 2.18 bits per heavy atom. The van der Waals surface area contributed by atoms with Gasteiger partial charge in [-0.1, -0.05) is 94.8 Å². The van der Waals surface area contributed by atoms with Gasteiger partial charge in [0.1, 0.15) is 35.8 Å². The second-order valence-electron chi connectivity index (χ2n) is 26.8. The van der Waals surface area contributed by atoms with Gasteiger partial charge in [0.25, 0.3) is 11.7 Å². The van der Waals surface area contributed by atoms with Gasteiger partial charge in [-0.15, -0.1) is 0 Å². The fraction of sp³-hybridized carbons (Fsp3) is 0.657. The number of nitrogens with one attached hydrogen (secondary N) is 2. The van der Waals surface area contributed by atoms with Crippen molar-refractivity contribution in [1.29, 1.82) is 0 Å². The monoisotopic (exact) mass is 1320 g/mol. The molecule has 0 aromatic heterocycles. The molecule has 1 aliphatic carbocycles. The van der Waals surface area contributed by atoms with Crippen LogP contribution in [0.15, 0.2) is 94.9 Å². The van der Waals surface area contributed by atoms with Crippen LogP contribution in [0.3, 0.4) is 0 Å². The Morgan fingerprint density at radius 2 is 1.53 bits per heavy atom. The molecule has 2 bridgehead atoms. The number of fused-ring (bicyclic) bond motifs is 3. The van der Waals surface area contributed by atoms with Gasteiger partial charge in [0, 0.05) is 64.4 Å². The first kappa shape index (κ1) is 76.3. The molecule has 1 unspecified atom stereocenters. The lowest BCUT2D eigenvalue weighted by molar-refractivity contribution is -0.301. The van der Waals surface area contributed by atoms with Crippen molar-refractivity contribution >= 4 is 45.3 Å². The number of Topliss-reactive ketones (excluding diaryl/α,β-unsaturated/α-hetero) is 2. The summed E-state index contributed by atoms with van der Waals surface area (Å²) in [6.45, 7) is 13.7. The van der Waals surface area contributed by atoms with Crippen molar-refractivity contribution in [3.63, 3.8) is 0 Å². The number of carbonyl (C=O) groups excluding carboxylic acids is 6. The number of allylic oxidation sites excluding steroid dienone is 5. The predicted molar refractivity (Wildman–Crippen MR) is 348 cm³/mol. The Labute approximate surface area is 549 Å². The summed E-state index contributed by atoms with van der Waals surface area (Å²) < 4.78 is 58.3. The molecule has 3 aliphatic heterocycles. The van der Waals surface area contributed by atoms with Gasteiger partial charge >= 0.3 is 5.97 Å². The third kappa shape index (κ3) is 20.9. The summed E-state index contributed by atoms with van der Waals surface area (Å²) in [5, 5.41) is 64.1. The molecule has 1 saturated carbocycles. The number of sulfonamides is 1. The Balaban J connectivity index is 1.20. The molecule has 6 rings (SSSR count). The SMILES string of the molecule is COc1ccc(S(=O)(=O)N(CC(C)C)C[C@@H](O)[C@H](Cc2ccccc2)NC(=O)C(C)NC(=O)CC/C=C/C[C@@H]2/C=C(\C)C[C@H](C)C[C@H](O)[C@H]3O[C@@](O)(C(=O)C(=O)N4CCCC[C@H]4C(=O)O[C@H](/C(C)=C/[C@@H]4CC[C@@H](O)[C@H](OC)C4)[C@H](C)[C@@H](O)CC2=O)[C@H](C)C[C@@H]3OC)cc1. The van der Waals surface area contributed by atoms with E-state index in [4.69, 9.17) is 23.7 Å². The standard InChI is InChI=1S/C70H104N4O18S/c1-42(2)40-73(93(86,87)53-28-26-52(88-9)27-29-53)41-60(79)54(37-49-20-14-12-15-21-49)72-67(82)48(8)71-63(80)24-17-13-16-22-51-33-43(3)32-44(4)34-59(78)65-62(90-11)36-46(6)70(85,92-65)66(81)68(83)74-31-19-18-23-55(74)69(84)91-64(47(7)57(76)39-58(51)77)45(5)35-50-25-30-56(75)61(38-50)89-10/h12-16,20-21,26-29,33,35,42,44,46-48,50-51,54-57,59-62,64-65,75-76,78-79,85H,17-19,22-25,30-32,34,36-41H2,1-11H3,(H,71,80)(H,72,82)/b16-13+,43-33+,45-35+/t44-,46+,47+,48?,50-,51+,54-,55-,56+,57-,59-,60+,61+,62-,64+,65+,70+/m0/s1. The zero-order chi connectivity index (χ0) is 68.5. The fourth-order valence-electron chi connectivity index (χ4n) is 13.4. The van der Waals surface area contributed by atoms with Crippen LogP contribution in [0.25, 0.3) is 0 Å². The number of aliphatic hydroxyl groups is 5. The average molecular weight is 1320 g/mol. The van der Waals surface area contributed by atoms with E-state index in [-0.39, 0.29) is 99.4 Å². The van der Waals surface area contributed by atoms with Crippen molar-refractivity contribution in [2.75, 3.05) is 41.0 Å². The number of piperidine rings is 1. The molecule has 3 heterocycles. The first-order valence-corrected chi connectivity index (χ1v) is 34.5. The van der Waals surface area contributed by atoms with E-state index in [1.807, 2.05) is 70.2 Å². The van der Waals surface area contributed by atoms with Crippen molar-refractivity contribution in [2.45, 2.75) is 223 Å². The molecule has 2 aromatic rings. The predicted octanol–water partition coefficient (Wildman–Crippen LogP) is 6.08. The van der Waals surface area contributed by atoms with Gasteiger partial charge in [-0.25, -0.2) is 13.2 Å². The van der Waals surface area contributed by atoms with E-state index in [0.717, 1.165) is 16.0 Å². The fourth-order valence-corrected chi connectivity index (χ4v) is 15.0. The summed E-state index contributed by atoms with van der Waals surface area (Å²) in [6.07, 6.45) is 2.26. The summed E-state index contributed by atoms with van der Waals surface area (Å²) in [5.41, 5.74) is 2.11. The maximum atomic E-state index is 14.7. The summed E-state index contributed by atoms with van der Waals surface area (Å²) in [5.74, 6) is -10.0. The number of benzene rings is 2. The number of esters is 1. The number of ether oxygens (including phenoxy) is 5. The summed E-state index contributed by atoms with van der Waals surface area (Å²) in [7, 11) is 0.326. The summed E-state index contributed by atoms with van der Waals surface area (Å²) in [4.78, 5) is 86.6. The van der Waals surface area contributed by atoms with Gasteiger partial charge in [0.15, 0.2) is 0 Å². The highest BCUT2D eigenvalue weighted by Gasteiger charge is 2.56. The minimum atomic E-state index is -4.11. The van der Waals surface area contributed by atoms with E-state index in [9.17, 15) is 62.7 Å².